The first kappa shape index (κ1) is 25.2. The van der Waals surface area contributed by atoms with Crippen molar-refractivity contribution in [2.45, 2.75) is 57.2 Å². The number of hydrogen-bond acceptors (Lipinski definition) is 6. The summed E-state index contributed by atoms with van der Waals surface area (Å²) in [6, 6.07) is 13.9. The van der Waals surface area contributed by atoms with Gasteiger partial charge in [0.1, 0.15) is 11.6 Å². The molecular weight excluding hydrogens is 436 g/mol. The van der Waals surface area contributed by atoms with Crippen molar-refractivity contribution in [3.63, 3.8) is 0 Å². The molecule has 1 aliphatic rings. The zero-order valence-corrected chi connectivity index (χ0v) is 20.0. The first-order valence-electron chi connectivity index (χ1n) is 11.4. The van der Waals surface area contributed by atoms with Crippen molar-refractivity contribution in [3.05, 3.63) is 59.7 Å². The van der Waals surface area contributed by atoms with Gasteiger partial charge in [0, 0.05) is 6.54 Å². The van der Waals surface area contributed by atoms with Crippen LogP contribution in [0.25, 0.3) is 11.1 Å². The van der Waals surface area contributed by atoms with E-state index in [0.717, 1.165) is 11.1 Å². The van der Waals surface area contributed by atoms with Crippen molar-refractivity contribution < 1.29 is 29.0 Å². The van der Waals surface area contributed by atoms with Crippen molar-refractivity contribution in [3.8, 4) is 11.1 Å². The minimum absolute atomic E-state index is 0.258. The van der Waals surface area contributed by atoms with Crippen molar-refractivity contribution in [2.75, 3.05) is 13.7 Å². The van der Waals surface area contributed by atoms with Gasteiger partial charge in [0.2, 0.25) is 0 Å². The Hall–Kier alpha value is -3.39. The summed E-state index contributed by atoms with van der Waals surface area (Å²) < 4.78 is 10.4. The van der Waals surface area contributed by atoms with Gasteiger partial charge >= 0.3 is 18.0 Å². The van der Waals surface area contributed by atoms with Crippen LogP contribution in [-0.4, -0.2) is 48.4 Å². The molecule has 8 heteroatoms. The molecule has 0 heterocycles. The summed E-state index contributed by atoms with van der Waals surface area (Å²) in [6.45, 7) is 5.71. The lowest BCUT2D eigenvalue weighted by atomic mass is 9.86. The number of alkyl carbamates (subject to hydrolysis) is 1. The van der Waals surface area contributed by atoms with Crippen molar-refractivity contribution in [1.82, 2.24) is 10.6 Å². The monoisotopic (exact) mass is 468 g/mol. The maximum atomic E-state index is 13.2. The molecule has 2 aromatic rings. The van der Waals surface area contributed by atoms with Crippen LogP contribution in [0.2, 0.25) is 0 Å². The maximum absolute atomic E-state index is 13.2. The highest BCUT2D eigenvalue weighted by molar-refractivity contribution is 5.98. The zero-order chi connectivity index (χ0) is 24.9. The molecule has 0 fully saturated rings. The van der Waals surface area contributed by atoms with E-state index in [2.05, 4.69) is 10.6 Å². The van der Waals surface area contributed by atoms with E-state index in [1.54, 1.807) is 20.8 Å². The molecule has 0 aromatic heterocycles. The molecule has 3 N–H and O–H groups in total. The van der Waals surface area contributed by atoms with Gasteiger partial charge in [-0.3, -0.25) is 10.1 Å². The Bertz CT molecular complexity index is 1010. The number of unbranched alkanes of at least 4 members (excludes halogenated alkanes) is 1. The van der Waals surface area contributed by atoms with Crippen LogP contribution < -0.4 is 10.6 Å². The van der Waals surface area contributed by atoms with Gasteiger partial charge < -0.3 is 19.9 Å². The predicted molar refractivity (Wildman–Crippen MR) is 127 cm³/mol. The summed E-state index contributed by atoms with van der Waals surface area (Å²) in [7, 11) is 1.30. The van der Waals surface area contributed by atoms with E-state index in [1.165, 1.54) is 7.11 Å². The SMILES string of the molecule is COC(=O)C1(N[C@@H](CCCCNC(=O)OC(C)(C)C)C(=O)O)c2ccccc2-c2ccccc21. The third kappa shape index (κ3) is 5.22. The van der Waals surface area contributed by atoms with E-state index in [4.69, 9.17) is 9.47 Å². The highest BCUT2D eigenvalue weighted by Crippen LogP contribution is 2.48. The number of hydrogen-bond donors (Lipinski definition) is 3. The van der Waals surface area contributed by atoms with Gasteiger partial charge in [0.05, 0.1) is 7.11 Å². The summed E-state index contributed by atoms with van der Waals surface area (Å²) in [5.74, 6) is -1.63. The van der Waals surface area contributed by atoms with Crippen LogP contribution in [0.1, 0.15) is 51.2 Å². The number of carboxylic acids is 1. The minimum Gasteiger partial charge on any atom is -0.480 e. The Labute approximate surface area is 199 Å². The fourth-order valence-corrected chi connectivity index (χ4v) is 4.32. The van der Waals surface area contributed by atoms with Gasteiger partial charge in [-0.15, -0.1) is 0 Å². The van der Waals surface area contributed by atoms with E-state index in [9.17, 15) is 19.5 Å². The lowest BCUT2D eigenvalue weighted by molar-refractivity contribution is -0.149. The Morgan fingerprint density at radius 2 is 1.53 bits per heavy atom. The number of carboxylic acid groups (broad SMARTS) is 1. The molecule has 182 valence electrons. The molecule has 1 atom stereocenters. The predicted octanol–water partition coefficient (Wildman–Crippen LogP) is 3.82. The number of rotatable bonds is 9. The molecule has 1 amide bonds. The molecule has 1 aliphatic carbocycles. The number of aliphatic carboxylic acids is 1. The third-order valence-corrected chi connectivity index (χ3v) is 5.72. The number of fused-ring (bicyclic) bond motifs is 3. The van der Waals surface area contributed by atoms with Gasteiger partial charge in [-0.1, -0.05) is 48.5 Å². The first-order chi connectivity index (χ1) is 16.1. The number of nitrogens with one attached hydrogen (secondary N) is 2. The highest BCUT2D eigenvalue weighted by Gasteiger charge is 2.51. The second-order valence-corrected chi connectivity index (χ2v) is 9.29. The van der Waals surface area contributed by atoms with Crippen molar-refractivity contribution in [1.29, 1.82) is 0 Å². The van der Waals surface area contributed by atoms with Crippen LogP contribution in [0.3, 0.4) is 0 Å². The summed E-state index contributed by atoms with van der Waals surface area (Å²) in [6.07, 6.45) is 0.821. The number of carbonyl (C=O) groups is 3. The van der Waals surface area contributed by atoms with Crippen molar-refractivity contribution in [2.24, 2.45) is 0 Å². The van der Waals surface area contributed by atoms with E-state index in [1.807, 2.05) is 48.5 Å². The van der Waals surface area contributed by atoms with Crippen LogP contribution in [0, 0.1) is 0 Å². The molecule has 3 rings (SSSR count). The topological polar surface area (TPSA) is 114 Å². The molecule has 0 unspecified atom stereocenters. The Morgan fingerprint density at radius 1 is 0.971 bits per heavy atom. The van der Waals surface area contributed by atoms with Gasteiger partial charge in [0.25, 0.3) is 0 Å². The fraction of sp³-hybridized carbons (Fsp3) is 0.423. The molecule has 0 aliphatic heterocycles. The normalized spacial score (nSPS) is 14.5. The summed E-state index contributed by atoms with van der Waals surface area (Å²) in [5, 5.41) is 15.8. The van der Waals surface area contributed by atoms with E-state index < -0.39 is 35.2 Å². The summed E-state index contributed by atoms with van der Waals surface area (Å²) in [4.78, 5) is 37.2. The maximum Gasteiger partial charge on any atom is 0.407 e. The van der Waals surface area contributed by atoms with Crippen LogP contribution in [0.15, 0.2) is 48.5 Å². The fourth-order valence-electron chi connectivity index (χ4n) is 4.32. The van der Waals surface area contributed by atoms with Crippen LogP contribution >= 0.6 is 0 Å². The highest BCUT2D eigenvalue weighted by atomic mass is 16.6. The van der Waals surface area contributed by atoms with Crippen LogP contribution in [0.5, 0.6) is 0 Å². The molecule has 0 saturated heterocycles. The Balaban J connectivity index is 1.77. The first-order valence-corrected chi connectivity index (χ1v) is 11.4. The van der Waals surface area contributed by atoms with Gasteiger partial charge in [-0.25, -0.2) is 9.59 Å². The molecule has 0 bridgehead atoms. The third-order valence-electron chi connectivity index (χ3n) is 5.72. The van der Waals surface area contributed by atoms with E-state index in [0.29, 0.717) is 30.5 Å². The van der Waals surface area contributed by atoms with Crippen LogP contribution in [0.4, 0.5) is 4.79 Å². The van der Waals surface area contributed by atoms with Gasteiger partial charge in [-0.05, 0) is 62.3 Å². The quantitative estimate of drug-likeness (QED) is 0.379. The number of ether oxygens (including phenoxy) is 2. The minimum atomic E-state index is -1.43. The van der Waals surface area contributed by atoms with E-state index in [-0.39, 0.29) is 6.42 Å². The van der Waals surface area contributed by atoms with Gasteiger partial charge in [-0.2, -0.15) is 0 Å². The smallest absolute Gasteiger partial charge is 0.407 e. The molecule has 0 saturated carbocycles. The average Bonchev–Trinajstić information content (AvgIpc) is 3.07. The largest absolute Gasteiger partial charge is 0.480 e. The molecule has 0 spiro atoms. The molecule has 34 heavy (non-hydrogen) atoms. The second kappa shape index (κ2) is 10.3. The molecular formula is C26H32N2O6. The second-order valence-electron chi connectivity index (χ2n) is 9.29. The number of benzene rings is 2. The lowest BCUT2D eigenvalue weighted by Gasteiger charge is -2.33. The summed E-state index contributed by atoms with van der Waals surface area (Å²) >= 11 is 0. The van der Waals surface area contributed by atoms with Gasteiger partial charge in [0.15, 0.2) is 5.54 Å². The average molecular weight is 469 g/mol. The Kier molecular flexibility index (Phi) is 7.61. The van der Waals surface area contributed by atoms with Crippen LogP contribution in [-0.2, 0) is 24.6 Å². The molecule has 2 aromatic carbocycles. The molecule has 0 radical (unpaired) electrons. The molecule has 8 nitrogen and oxygen atoms in total. The van der Waals surface area contributed by atoms with Crippen molar-refractivity contribution >= 4 is 18.0 Å². The summed E-state index contributed by atoms with van der Waals surface area (Å²) in [5.41, 5.74) is 1.04. The standard InChI is InChI=1S/C26H32N2O6/c1-25(2,3)34-24(32)27-16-10-9-15-21(22(29)30)28-26(23(31)33-4)19-13-7-5-11-17(19)18-12-6-8-14-20(18)26/h5-8,11-14,21,28H,9-10,15-16H2,1-4H3,(H,27,32)(H,29,30)/t21-/m0/s1. The lowest BCUT2D eigenvalue weighted by Crippen LogP contribution is -2.56. The Morgan fingerprint density at radius 3 is 2.03 bits per heavy atom. The number of carbonyl (C=O) groups excluding carboxylic acids is 2. The number of amides is 1. The number of methoxy groups -OCH3 is 1. The van der Waals surface area contributed by atoms with E-state index >= 15 is 0 Å². The number of esters is 1. The zero-order valence-electron chi connectivity index (χ0n) is 20.0.